The summed E-state index contributed by atoms with van der Waals surface area (Å²) in [6.45, 7) is 5.35. The molecule has 33 heavy (non-hydrogen) atoms. The molecule has 0 unspecified atom stereocenters. The van der Waals surface area contributed by atoms with Gasteiger partial charge in [-0.25, -0.2) is 4.98 Å². The SMILES string of the molecule is Cc1cc(NC(=O)[C@@H](C)SCC(=O)OCc2csc(CC(=O)Nc3ccccc3C)n2)no1. The van der Waals surface area contributed by atoms with Gasteiger partial charge in [0.05, 0.1) is 23.1 Å². The molecule has 0 aliphatic heterocycles. The summed E-state index contributed by atoms with van der Waals surface area (Å²) in [5.74, 6) is 0.0396. The van der Waals surface area contributed by atoms with E-state index in [0.717, 1.165) is 23.0 Å². The van der Waals surface area contributed by atoms with Gasteiger partial charge in [-0.1, -0.05) is 23.4 Å². The lowest BCUT2D eigenvalue weighted by atomic mass is 10.2. The number of carbonyl (C=O) groups is 3. The molecule has 0 saturated heterocycles. The van der Waals surface area contributed by atoms with Crippen LogP contribution in [0.2, 0.25) is 0 Å². The molecule has 0 bridgehead atoms. The summed E-state index contributed by atoms with van der Waals surface area (Å²) >= 11 is 2.49. The van der Waals surface area contributed by atoms with Crippen LogP contribution in [-0.4, -0.2) is 38.9 Å². The molecule has 2 heterocycles. The summed E-state index contributed by atoms with van der Waals surface area (Å²) in [5.41, 5.74) is 2.32. The highest BCUT2D eigenvalue weighted by Gasteiger charge is 2.18. The molecule has 0 spiro atoms. The number of rotatable bonds is 10. The number of anilines is 2. The minimum atomic E-state index is -0.479. The van der Waals surface area contributed by atoms with E-state index in [4.69, 9.17) is 9.26 Å². The highest BCUT2D eigenvalue weighted by Crippen LogP contribution is 2.17. The second-order valence-electron chi connectivity index (χ2n) is 7.20. The molecule has 2 amide bonds. The van der Waals surface area contributed by atoms with Crippen molar-refractivity contribution >= 4 is 52.4 Å². The number of nitrogens with one attached hydrogen (secondary N) is 2. The molecule has 0 fully saturated rings. The summed E-state index contributed by atoms with van der Waals surface area (Å²) < 4.78 is 10.1. The number of aromatic nitrogens is 2. The average molecular weight is 489 g/mol. The number of nitrogens with zero attached hydrogens (tertiary/aromatic N) is 2. The van der Waals surface area contributed by atoms with E-state index in [1.807, 2.05) is 31.2 Å². The molecular formula is C22H24N4O5S2. The number of hydrogen-bond acceptors (Lipinski definition) is 9. The van der Waals surface area contributed by atoms with E-state index in [2.05, 4.69) is 20.8 Å². The van der Waals surface area contributed by atoms with Gasteiger partial charge in [0, 0.05) is 17.1 Å². The van der Waals surface area contributed by atoms with Gasteiger partial charge in [-0.15, -0.1) is 23.1 Å². The van der Waals surface area contributed by atoms with Crippen molar-refractivity contribution in [3.8, 4) is 0 Å². The monoisotopic (exact) mass is 488 g/mol. The fraction of sp³-hybridized carbons (Fsp3) is 0.318. The molecule has 2 aromatic heterocycles. The van der Waals surface area contributed by atoms with Gasteiger partial charge in [0.2, 0.25) is 11.8 Å². The summed E-state index contributed by atoms with van der Waals surface area (Å²) in [6.07, 6.45) is 0.139. The number of ether oxygens (including phenoxy) is 1. The van der Waals surface area contributed by atoms with Crippen LogP contribution in [0.15, 0.2) is 40.2 Å². The van der Waals surface area contributed by atoms with Gasteiger partial charge < -0.3 is 19.9 Å². The van der Waals surface area contributed by atoms with Crippen LogP contribution in [-0.2, 0) is 32.1 Å². The standard InChI is InChI=1S/C22H24N4O5S2/c1-13-6-4-5-7-17(13)24-19(27)9-20-23-16(11-33-20)10-30-21(28)12-32-15(3)22(29)25-18-8-14(2)31-26-18/h4-8,11,15H,9-10,12H2,1-3H3,(H,24,27)(H,25,26,29)/t15-/m1/s1. The summed E-state index contributed by atoms with van der Waals surface area (Å²) in [7, 11) is 0. The van der Waals surface area contributed by atoms with Crippen LogP contribution in [0.3, 0.4) is 0 Å². The van der Waals surface area contributed by atoms with Crippen LogP contribution in [0, 0.1) is 13.8 Å². The first-order valence-electron chi connectivity index (χ1n) is 10.1. The molecule has 3 rings (SSSR count). The van der Waals surface area contributed by atoms with Crippen molar-refractivity contribution in [1.29, 1.82) is 0 Å². The maximum atomic E-state index is 12.3. The van der Waals surface area contributed by atoms with Gasteiger partial charge in [-0.05, 0) is 32.4 Å². The van der Waals surface area contributed by atoms with E-state index in [9.17, 15) is 14.4 Å². The molecule has 1 atom stereocenters. The number of carbonyl (C=O) groups excluding carboxylic acids is 3. The highest BCUT2D eigenvalue weighted by molar-refractivity contribution is 8.01. The van der Waals surface area contributed by atoms with Crippen LogP contribution >= 0.6 is 23.1 Å². The molecule has 0 saturated carbocycles. The van der Waals surface area contributed by atoms with Crippen molar-refractivity contribution < 1.29 is 23.6 Å². The topological polar surface area (TPSA) is 123 Å². The van der Waals surface area contributed by atoms with Gasteiger partial charge in [-0.3, -0.25) is 14.4 Å². The van der Waals surface area contributed by atoms with E-state index >= 15 is 0 Å². The lowest BCUT2D eigenvalue weighted by molar-refractivity contribution is -0.141. The number of para-hydroxylation sites is 1. The van der Waals surface area contributed by atoms with Crippen molar-refractivity contribution in [2.75, 3.05) is 16.4 Å². The number of amides is 2. The van der Waals surface area contributed by atoms with Crippen LogP contribution < -0.4 is 10.6 Å². The van der Waals surface area contributed by atoms with Crippen LogP contribution in [0.5, 0.6) is 0 Å². The number of thioether (sulfide) groups is 1. The van der Waals surface area contributed by atoms with Crippen molar-refractivity contribution in [2.24, 2.45) is 0 Å². The van der Waals surface area contributed by atoms with Crippen LogP contribution in [0.1, 0.15) is 28.9 Å². The second kappa shape index (κ2) is 11.6. The van der Waals surface area contributed by atoms with Crippen molar-refractivity contribution in [3.63, 3.8) is 0 Å². The van der Waals surface area contributed by atoms with Gasteiger partial charge in [0.15, 0.2) is 5.82 Å². The predicted octanol–water partition coefficient (Wildman–Crippen LogP) is 3.73. The molecule has 0 aliphatic rings. The maximum Gasteiger partial charge on any atom is 0.316 e. The number of aryl methyl sites for hydroxylation is 2. The molecule has 0 radical (unpaired) electrons. The number of esters is 1. The molecule has 11 heteroatoms. The Bertz CT molecular complexity index is 1130. The summed E-state index contributed by atoms with van der Waals surface area (Å²) in [4.78, 5) is 40.8. The van der Waals surface area contributed by atoms with E-state index in [-0.39, 0.29) is 30.6 Å². The number of benzene rings is 1. The Balaban J connectivity index is 1.37. The largest absolute Gasteiger partial charge is 0.459 e. The molecular weight excluding hydrogens is 464 g/mol. The molecule has 1 aromatic carbocycles. The molecule has 0 aliphatic carbocycles. The third kappa shape index (κ3) is 7.72. The maximum absolute atomic E-state index is 12.3. The summed E-state index contributed by atoms with van der Waals surface area (Å²) in [6, 6.07) is 9.15. The Morgan fingerprint density at radius 2 is 2.00 bits per heavy atom. The normalized spacial score (nSPS) is 11.6. The van der Waals surface area contributed by atoms with Gasteiger partial charge >= 0.3 is 5.97 Å². The van der Waals surface area contributed by atoms with Crippen molar-refractivity contribution in [3.05, 3.63) is 57.7 Å². The van der Waals surface area contributed by atoms with Gasteiger partial charge in [0.25, 0.3) is 0 Å². The Morgan fingerprint density at radius 1 is 1.21 bits per heavy atom. The third-order valence-electron chi connectivity index (χ3n) is 4.41. The highest BCUT2D eigenvalue weighted by atomic mass is 32.2. The zero-order chi connectivity index (χ0) is 23.8. The van der Waals surface area contributed by atoms with Crippen molar-refractivity contribution in [1.82, 2.24) is 10.1 Å². The van der Waals surface area contributed by atoms with E-state index < -0.39 is 11.2 Å². The zero-order valence-electron chi connectivity index (χ0n) is 18.4. The minimum Gasteiger partial charge on any atom is -0.459 e. The fourth-order valence-electron chi connectivity index (χ4n) is 2.66. The van der Waals surface area contributed by atoms with Gasteiger partial charge in [-0.2, -0.15) is 0 Å². The second-order valence-corrected chi connectivity index (χ2v) is 9.47. The first kappa shape index (κ1) is 24.5. The predicted molar refractivity (Wildman–Crippen MR) is 127 cm³/mol. The van der Waals surface area contributed by atoms with E-state index in [0.29, 0.717) is 22.3 Å². The average Bonchev–Trinajstić information content (AvgIpc) is 3.40. The summed E-state index contributed by atoms with van der Waals surface area (Å²) in [5, 5.41) is 11.1. The van der Waals surface area contributed by atoms with Crippen LogP contribution in [0.4, 0.5) is 11.5 Å². The molecule has 174 valence electrons. The smallest absolute Gasteiger partial charge is 0.316 e. The Hall–Kier alpha value is -3.18. The minimum absolute atomic E-state index is 0.00804. The third-order valence-corrected chi connectivity index (χ3v) is 6.43. The lowest BCUT2D eigenvalue weighted by Gasteiger charge is -2.10. The number of hydrogen-bond donors (Lipinski definition) is 2. The fourth-order valence-corrected chi connectivity index (χ4v) is 4.12. The molecule has 3 aromatic rings. The first-order chi connectivity index (χ1) is 15.8. The lowest BCUT2D eigenvalue weighted by Crippen LogP contribution is -2.24. The quantitative estimate of drug-likeness (QED) is 0.414. The number of thiazole rings is 1. The van der Waals surface area contributed by atoms with E-state index in [1.54, 1.807) is 25.3 Å². The Kier molecular flexibility index (Phi) is 8.61. The Morgan fingerprint density at radius 3 is 2.73 bits per heavy atom. The van der Waals surface area contributed by atoms with Gasteiger partial charge in [0.1, 0.15) is 17.4 Å². The Labute approximate surface area is 199 Å². The zero-order valence-corrected chi connectivity index (χ0v) is 20.0. The molecule has 9 nitrogen and oxygen atoms in total. The van der Waals surface area contributed by atoms with Crippen LogP contribution in [0.25, 0.3) is 0 Å². The first-order valence-corrected chi connectivity index (χ1v) is 12.0. The molecule has 2 N–H and O–H groups in total. The van der Waals surface area contributed by atoms with Crippen molar-refractivity contribution in [2.45, 2.75) is 39.0 Å². The van der Waals surface area contributed by atoms with E-state index in [1.165, 1.54) is 11.3 Å².